The highest BCUT2D eigenvalue weighted by atomic mass is 35.5. The number of β-amino-alcohol motifs (C(OH)–C–C–N with tert-alkyl or cyclic N) is 3. The molecule has 0 aliphatic carbocycles. The standard InChI is InChI=1S/C38H33Cl2F3N6O9/c1-3-57-37(55)21-14-48(29-19(33(21)53)5-23(41)31(27(29)39)46-10-17(51)11-46)35-25(43)7-26(45-8-16(50)9-45)36(44-35)49-15-22(38(56)58-4-2)34(54)20-6-24(42)32(28(40)30(20)49)47-12-18(52)13-47/h5-7,14-18,50-52H,3-4,8-13H2,1-2H3. The van der Waals surface area contributed by atoms with Crippen LogP contribution in [0.15, 0.2) is 40.2 Å². The number of benzene rings is 2. The lowest BCUT2D eigenvalue weighted by Gasteiger charge is -2.39. The lowest BCUT2D eigenvalue weighted by atomic mass is 10.1. The van der Waals surface area contributed by atoms with Crippen LogP contribution in [0.1, 0.15) is 34.6 Å². The Balaban J connectivity index is 1.49. The molecule has 304 valence electrons. The van der Waals surface area contributed by atoms with E-state index in [4.69, 9.17) is 32.7 Å². The van der Waals surface area contributed by atoms with Gasteiger partial charge in [-0.15, -0.1) is 0 Å². The van der Waals surface area contributed by atoms with Crippen LogP contribution in [0.3, 0.4) is 0 Å². The van der Waals surface area contributed by atoms with Crippen molar-refractivity contribution in [3.05, 3.63) is 89.7 Å². The zero-order valence-electron chi connectivity index (χ0n) is 30.6. The van der Waals surface area contributed by atoms with Gasteiger partial charge in [0.2, 0.25) is 10.9 Å². The molecule has 6 heterocycles. The summed E-state index contributed by atoms with van der Waals surface area (Å²) in [5.41, 5.74) is -4.00. The van der Waals surface area contributed by atoms with Crippen LogP contribution in [0.2, 0.25) is 10.0 Å². The Labute approximate surface area is 335 Å². The molecular formula is C38H33Cl2F3N6O9. The number of hydrogen-bond donors (Lipinski definition) is 3. The van der Waals surface area contributed by atoms with Crippen LogP contribution in [-0.2, 0) is 9.47 Å². The molecule has 8 rings (SSSR count). The molecule has 3 aromatic heterocycles. The highest BCUT2D eigenvalue weighted by Gasteiger charge is 2.36. The van der Waals surface area contributed by atoms with Crippen LogP contribution in [0, 0.1) is 17.5 Å². The van der Waals surface area contributed by atoms with Crippen molar-refractivity contribution in [2.75, 3.05) is 67.2 Å². The van der Waals surface area contributed by atoms with Crippen LogP contribution in [0.4, 0.5) is 30.2 Å². The Morgan fingerprint density at radius 3 is 1.47 bits per heavy atom. The summed E-state index contributed by atoms with van der Waals surface area (Å²) in [7, 11) is 0. The van der Waals surface area contributed by atoms with E-state index in [0.717, 1.165) is 35.2 Å². The number of halogens is 5. The van der Waals surface area contributed by atoms with E-state index in [1.54, 1.807) is 0 Å². The van der Waals surface area contributed by atoms with Gasteiger partial charge in [-0.3, -0.25) is 18.7 Å². The molecule has 0 amide bonds. The minimum atomic E-state index is -1.12. The Hall–Kier alpha value is -5.40. The minimum absolute atomic E-state index is 0.00372. The Kier molecular flexibility index (Phi) is 10.0. The maximum Gasteiger partial charge on any atom is 0.343 e. The van der Waals surface area contributed by atoms with Gasteiger partial charge < -0.3 is 39.5 Å². The van der Waals surface area contributed by atoms with Crippen molar-refractivity contribution in [2.45, 2.75) is 32.2 Å². The maximum absolute atomic E-state index is 16.9. The molecule has 58 heavy (non-hydrogen) atoms. The minimum Gasteiger partial charge on any atom is -0.462 e. The topological polar surface area (TPSA) is 180 Å². The van der Waals surface area contributed by atoms with Crippen LogP contribution >= 0.6 is 23.2 Å². The average Bonchev–Trinajstić information content (AvgIpc) is 3.13. The monoisotopic (exact) mass is 844 g/mol. The highest BCUT2D eigenvalue weighted by molar-refractivity contribution is 6.38. The van der Waals surface area contributed by atoms with Crippen LogP contribution in [-0.4, -0.2) is 112 Å². The summed E-state index contributed by atoms with van der Waals surface area (Å²) < 4.78 is 60.9. The molecule has 3 saturated heterocycles. The lowest BCUT2D eigenvalue weighted by molar-refractivity contribution is 0.0514. The largest absolute Gasteiger partial charge is 0.462 e. The van der Waals surface area contributed by atoms with Gasteiger partial charge in [0.15, 0.2) is 17.5 Å². The molecule has 3 aliphatic heterocycles. The van der Waals surface area contributed by atoms with Crippen molar-refractivity contribution in [2.24, 2.45) is 0 Å². The molecule has 0 unspecified atom stereocenters. The third-order valence-corrected chi connectivity index (χ3v) is 11.0. The van der Waals surface area contributed by atoms with Gasteiger partial charge in [0, 0.05) is 57.7 Å². The lowest BCUT2D eigenvalue weighted by Crippen LogP contribution is -2.51. The number of pyridine rings is 3. The van der Waals surface area contributed by atoms with Crippen LogP contribution in [0.25, 0.3) is 33.4 Å². The van der Waals surface area contributed by atoms with E-state index in [1.807, 2.05) is 0 Å². The zero-order valence-corrected chi connectivity index (χ0v) is 32.2. The summed E-state index contributed by atoms with van der Waals surface area (Å²) in [6.07, 6.45) is -0.432. The van der Waals surface area contributed by atoms with E-state index in [0.29, 0.717) is 0 Å². The smallest absolute Gasteiger partial charge is 0.343 e. The third-order valence-electron chi connectivity index (χ3n) is 10.2. The molecule has 3 fully saturated rings. The first-order chi connectivity index (χ1) is 27.6. The van der Waals surface area contributed by atoms with Crippen LogP contribution < -0.4 is 25.6 Å². The summed E-state index contributed by atoms with van der Waals surface area (Å²) in [6.45, 7) is 2.66. The van der Waals surface area contributed by atoms with Gasteiger partial charge in [-0.1, -0.05) is 23.2 Å². The molecular weight excluding hydrogens is 812 g/mol. The van der Waals surface area contributed by atoms with E-state index in [1.165, 1.54) is 33.1 Å². The van der Waals surface area contributed by atoms with Gasteiger partial charge in [0.1, 0.15) is 22.8 Å². The molecule has 0 spiro atoms. The van der Waals surface area contributed by atoms with Crippen molar-refractivity contribution >= 4 is 74.0 Å². The van der Waals surface area contributed by atoms with E-state index >= 15 is 13.2 Å². The second-order valence-corrected chi connectivity index (χ2v) is 14.8. The number of hydrogen-bond acceptors (Lipinski definition) is 13. The van der Waals surface area contributed by atoms with Gasteiger partial charge in [0.25, 0.3) is 0 Å². The first-order valence-electron chi connectivity index (χ1n) is 18.1. The normalized spacial score (nSPS) is 16.1. The Bertz CT molecular complexity index is 2700. The number of carbonyl (C=O) groups is 2. The number of nitrogens with zero attached hydrogens (tertiary/aromatic N) is 6. The molecule has 0 saturated carbocycles. The number of esters is 2. The molecule has 2 aromatic carbocycles. The summed E-state index contributed by atoms with van der Waals surface area (Å²) in [5.74, 6) is -6.06. The zero-order chi connectivity index (χ0) is 41.5. The van der Waals surface area contributed by atoms with Crippen molar-refractivity contribution in [1.29, 1.82) is 0 Å². The van der Waals surface area contributed by atoms with Crippen molar-refractivity contribution in [3.63, 3.8) is 0 Å². The number of aromatic nitrogens is 3. The molecule has 20 heteroatoms. The fourth-order valence-corrected chi connectivity index (χ4v) is 8.20. The average molecular weight is 846 g/mol. The van der Waals surface area contributed by atoms with Crippen molar-refractivity contribution in [3.8, 4) is 11.6 Å². The van der Waals surface area contributed by atoms with Gasteiger partial charge in [-0.05, 0) is 26.0 Å². The van der Waals surface area contributed by atoms with Gasteiger partial charge >= 0.3 is 11.9 Å². The Morgan fingerprint density at radius 2 is 1.07 bits per heavy atom. The Morgan fingerprint density at radius 1 is 0.672 bits per heavy atom. The maximum atomic E-state index is 16.9. The summed E-state index contributed by atoms with van der Waals surface area (Å²) >= 11 is 13.8. The number of carbonyl (C=O) groups excluding carboxylic acids is 2. The van der Waals surface area contributed by atoms with E-state index in [9.17, 15) is 34.5 Å². The molecule has 3 aliphatic rings. The number of fused-ring (bicyclic) bond motifs is 2. The van der Waals surface area contributed by atoms with E-state index < -0.39 is 86.3 Å². The van der Waals surface area contributed by atoms with Crippen molar-refractivity contribution in [1.82, 2.24) is 14.1 Å². The molecule has 5 aromatic rings. The fraction of sp³-hybridized carbons (Fsp3) is 0.342. The predicted molar refractivity (Wildman–Crippen MR) is 207 cm³/mol. The fourth-order valence-electron chi connectivity index (χ4n) is 7.40. The third kappa shape index (κ3) is 6.30. The van der Waals surface area contributed by atoms with Gasteiger partial charge in [-0.25, -0.2) is 27.7 Å². The van der Waals surface area contributed by atoms with Gasteiger partial charge in [0.05, 0.1) is 80.4 Å². The first kappa shape index (κ1) is 39.4. The molecule has 15 nitrogen and oxygen atoms in total. The number of aliphatic hydroxyl groups is 3. The SMILES string of the molecule is CCOC(=O)c1cn(-c2nc(-n3cc(C(=O)OCC)c(=O)c4cc(F)c(N5CC(O)C5)c(Cl)c43)c(N3CC(O)C3)cc2F)c2c(Cl)c(N3CC(O)C3)c(F)cc2c1=O. The molecule has 0 bridgehead atoms. The number of rotatable bonds is 9. The number of aliphatic hydroxyl groups excluding tert-OH is 3. The second-order valence-electron chi connectivity index (χ2n) is 14.1. The molecule has 0 atom stereocenters. The molecule has 0 radical (unpaired) electrons. The van der Waals surface area contributed by atoms with Crippen molar-refractivity contribution < 1.29 is 47.6 Å². The number of anilines is 3. The molecule has 3 N–H and O–H groups in total. The second kappa shape index (κ2) is 14.8. The summed E-state index contributed by atoms with van der Waals surface area (Å²) in [5, 5.41) is 28.8. The quantitative estimate of drug-likeness (QED) is 0.184. The van der Waals surface area contributed by atoms with Crippen LogP contribution in [0.5, 0.6) is 0 Å². The highest BCUT2D eigenvalue weighted by Crippen LogP contribution is 2.42. The van der Waals surface area contributed by atoms with Gasteiger partial charge in [-0.2, -0.15) is 0 Å². The van der Waals surface area contributed by atoms with E-state index in [-0.39, 0.29) is 96.4 Å². The predicted octanol–water partition coefficient (Wildman–Crippen LogP) is 3.31. The van der Waals surface area contributed by atoms with E-state index in [2.05, 4.69) is 4.98 Å². The summed E-state index contributed by atoms with van der Waals surface area (Å²) in [6, 6.07) is 2.73. The number of ether oxygens (including phenoxy) is 2. The first-order valence-corrected chi connectivity index (χ1v) is 18.9. The summed E-state index contributed by atoms with van der Waals surface area (Å²) in [4.78, 5) is 63.2.